The van der Waals surface area contributed by atoms with Gasteiger partial charge in [-0.1, -0.05) is 0 Å². The standard InChI is InChI=1S/C8H6F3N3/c1-14-6(8(9,10)11)5-3-2-4-12-7(5)13-14/h2-4H,1H3. The SMILES string of the molecule is Cn1nc2ncccc2c1C(F)(F)F. The summed E-state index contributed by atoms with van der Waals surface area (Å²) in [6.45, 7) is 0. The van der Waals surface area contributed by atoms with Crippen molar-refractivity contribution in [1.82, 2.24) is 14.8 Å². The molecule has 6 heteroatoms. The van der Waals surface area contributed by atoms with Crippen LogP contribution in [0, 0.1) is 0 Å². The van der Waals surface area contributed by atoms with Crippen LogP contribution in [0.5, 0.6) is 0 Å². The number of nitrogens with zero attached hydrogens (tertiary/aromatic N) is 3. The average molecular weight is 201 g/mol. The van der Waals surface area contributed by atoms with Crippen LogP contribution in [0.1, 0.15) is 5.69 Å². The van der Waals surface area contributed by atoms with Gasteiger partial charge in [-0.2, -0.15) is 18.3 Å². The quantitative estimate of drug-likeness (QED) is 0.652. The summed E-state index contributed by atoms with van der Waals surface area (Å²) in [7, 11) is 1.25. The molecular formula is C8H6F3N3. The van der Waals surface area contributed by atoms with E-state index in [1.165, 1.54) is 25.4 Å². The van der Waals surface area contributed by atoms with Crippen molar-refractivity contribution in [2.75, 3.05) is 0 Å². The summed E-state index contributed by atoms with van der Waals surface area (Å²) in [5.41, 5.74) is -0.650. The Morgan fingerprint density at radius 3 is 2.71 bits per heavy atom. The van der Waals surface area contributed by atoms with Gasteiger partial charge in [0.05, 0.1) is 5.39 Å². The second-order valence-corrected chi connectivity index (χ2v) is 2.84. The van der Waals surface area contributed by atoms with Gasteiger partial charge in [0.15, 0.2) is 11.3 Å². The van der Waals surface area contributed by atoms with Crippen LogP contribution in [0.25, 0.3) is 11.0 Å². The number of halogens is 3. The van der Waals surface area contributed by atoms with E-state index in [1.54, 1.807) is 0 Å². The molecule has 0 spiro atoms. The molecule has 0 aliphatic carbocycles. The van der Waals surface area contributed by atoms with Crippen LogP contribution >= 0.6 is 0 Å². The number of hydrogen-bond donors (Lipinski definition) is 0. The third-order valence-corrected chi connectivity index (χ3v) is 1.88. The van der Waals surface area contributed by atoms with E-state index in [0.717, 1.165) is 4.68 Å². The number of aromatic nitrogens is 3. The summed E-state index contributed by atoms with van der Waals surface area (Å²) in [6, 6.07) is 2.82. The third-order valence-electron chi connectivity index (χ3n) is 1.88. The van der Waals surface area contributed by atoms with Crippen LogP contribution in [0.2, 0.25) is 0 Å². The number of rotatable bonds is 0. The van der Waals surface area contributed by atoms with E-state index in [2.05, 4.69) is 10.1 Å². The molecule has 14 heavy (non-hydrogen) atoms. The molecule has 0 N–H and O–H groups in total. The maximum absolute atomic E-state index is 12.5. The minimum absolute atomic E-state index is 0.0301. The van der Waals surface area contributed by atoms with Crippen molar-refractivity contribution in [2.24, 2.45) is 7.05 Å². The van der Waals surface area contributed by atoms with Crippen LogP contribution < -0.4 is 0 Å². The van der Waals surface area contributed by atoms with Crippen LogP contribution in [-0.2, 0) is 13.2 Å². The highest BCUT2D eigenvalue weighted by Gasteiger charge is 2.36. The van der Waals surface area contributed by atoms with Gasteiger partial charge in [0, 0.05) is 13.2 Å². The molecule has 3 nitrogen and oxygen atoms in total. The van der Waals surface area contributed by atoms with Crippen molar-refractivity contribution in [3.05, 3.63) is 24.0 Å². The molecule has 0 bridgehead atoms. The van der Waals surface area contributed by atoms with Crippen LogP contribution in [0.4, 0.5) is 13.2 Å². The Hall–Kier alpha value is -1.59. The predicted molar refractivity (Wildman–Crippen MR) is 43.5 cm³/mol. The smallest absolute Gasteiger partial charge is 0.261 e. The minimum Gasteiger partial charge on any atom is -0.261 e. The lowest BCUT2D eigenvalue weighted by Crippen LogP contribution is -2.11. The normalized spacial score (nSPS) is 12.3. The lowest BCUT2D eigenvalue weighted by Gasteiger charge is -2.05. The van der Waals surface area contributed by atoms with Gasteiger partial charge < -0.3 is 0 Å². The Morgan fingerprint density at radius 1 is 1.36 bits per heavy atom. The molecule has 2 aromatic heterocycles. The molecule has 0 unspecified atom stereocenters. The molecular weight excluding hydrogens is 195 g/mol. The molecule has 0 aliphatic rings. The first-order valence-corrected chi connectivity index (χ1v) is 3.85. The zero-order valence-electron chi connectivity index (χ0n) is 7.21. The summed E-state index contributed by atoms with van der Waals surface area (Å²) in [6.07, 6.45) is -2.98. The molecule has 0 saturated carbocycles. The molecule has 0 amide bonds. The topological polar surface area (TPSA) is 30.7 Å². The van der Waals surface area contributed by atoms with Gasteiger partial charge in [0.25, 0.3) is 0 Å². The van der Waals surface area contributed by atoms with Crippen molar-refractivity contribution < 1.29 is 13.2 Å². The van der Waals surface area contributed by atoms with Crippen molar-refractivity contribution >= 4 is 11.0 Å². The Morgan fingerprint density at radius 2 is 2.07 bits per heavy atom. The maximum atomic E-state index is 12.5. The second kappa shape index (κ2) is 2.70. The van der Waals surface area contributed by atoms with E-state index in [0.29, 0.717) is 0 Å². The monoisotopic (exact) mass is 201 g/mol. The summed E-state index contributed by atoms with van der Waals surface area (Å²) in [5.74, 6) is 0. The molecule has 0 radical (unpaired) electrons. The van der Waals surface area contributed by atoms with Crippen LogP contribution in [-0.4, -0.2) is 14.8 Å². The van der Waals surface area contributed by atoms with E-state index in [1.807, 2.05) is 0 Å². The fourth-order valence-electron chi connectivity index (χ4n) is 1.36. The molecule has 0 saturated heterocycles. The lowest BCUT2D eigenvalue weighted by atomic mass is 10.2. The average Bonchev–Trinajstić information content (AvgIpc) is 2.38. The van der Waals surface area contributed by atoms with Gasteiger partial charge >= 0.3 is 6.18 Å². The Bertz CT molecular complexity index is 472. The second-order valence-electron chi connectivity index (χ2n) is 2.84. The van der Waals surface area contributed by atoms with E-state index in [9.17, 15) is 13.2 Å². The number of alkyl halides is 3. The summed E-state index contributed by atoms with van der Waals surface area (Å²) in [5, 5.41) is 3.70. The summed E-state index contributed by atoms with van der Waals surface area (Å²) in [4.78, 5) is 3.74. The Balaban J connectivity index is 2.81. The van der Waals surface area contributed by atoms with Gasteiger partial charge in [-0.25, -0.2) is 4.98 Å². The predicted octanol–water partition coefficient (Wildman–Crippen LogP) is 1.99. The number of pyridine rings is 1. The van der Waals surface area contributed by atoms with Crippen molar-refractivity contribution in [3.8, 4) is 0 Å². The maximum Gasteiger partial charge on any atom is 0.433 e. The largest absolute Gasteiger partial charge is 0.433 e. The summed E-state index contributed by atoms with van der Waals surface area (Å²) < 4.78 is 38.4. The van der Waals surface area contributed by atoms with Gasteiger partial charge in [-0.3, -0.25) is 4.68 Å². The van der Waals surface area contributed by atoms with Gasteiger partial charge in [0.2, 0.25) is 0 Å². The molecule has 2 rings (SSSR count). The highest BCUT2D eigenvalue weighted by atomic mass is 19.4. The van der Waals surface area contributed by atoms with Crippen LogP contribution in [0.15, 0.2) is 18.3 Å². The van der Waals surface area contributed by atoms with Crippen LogP contribution in [0.3, 0.4) is 0 Å². The first kappa shape index (κ1) is 8.98. The molecule has 0 aliphatic heterocycles. The molecule has 2 heterocycles. The fraction of sp³-hybridized carbons (Fsp3) is 0.250. The zero-order chi connectivity index (χ0) is 10.3. The molecule has 0 atom stereocenters. The lowest BCUT2D eigenvalue weighted by molar-refractivity contribution is -0.142. The van der Waals surface area contributed by atoms with E-state index >= 15 is 0 Å². The molecule has 0 fully saturated rings. The highest BCUT2D eigenvalue weighted by molar-refractivity contribution is 5.78. The zero-order valence-corrected chi connectivity index (χ0v) is 7.21. The van der Waals surface area contributed by atoms with E-state index in [-0.39, 0.29) is 11.0 Å². The van der Waals surface area contributed by atoms with E-state index < -0.39 is 11.9 Å². The van der Waals surface area contributed by atoms with Crippen molar-refractivity contribution in [3.63, 3.8) is 0 Å². The Kier molecular flexibility index (Phi) is 1.73. The Labute approximate surface area is 77.2 Å². The number of aryl methyl sites for hydroxylation is 1. The molecule has 2 aromatic rings. The number of fused-ring (bicyclic) bond motifs is 1. The van der Waals surface area contributed by atoms with Crippen molar-refractivity contribution in [1.29, 1.82) is 0 Å². The molecule has 74 valence electrons. The first-order chi connectivity index (χ1) is 6.50. The summed E-state index contributed by atoms with van der Waals surface area (Å²) >= 11 is 0. The highest BCUT2D eigenvalue weighted by Crippen LogP contribution is 2.33. The van der Waals surface area contributed by atoms with Gasteiger partial charge in [-0.05, 0) is 12.1 Å². The third kappa shape index (κ3) is 1.23. The number of hydrogen-bond acceptors (Lipinski definition) is 2. The van der Waals surface area contributed by atoms with Gasteiger partial charge in [-0.15, -0.1) is 0 Å². The molecule has 0 aromatic carbocycles. The van der Waals surface area contributed by atoms with Gasteiger partial charge in [0.1, 0.15) is 0 Å². The first-order valence-electron chi connectivity index (χ1n) is 3.85. The van der Waals surface area contributed by atoms with Crippen molar-refractivity contribution in [2.45, 2.75) is 6.18 Å². The minimum atomic E-state index is -4.40. The van der Waals surface area contributed by atoms with E-state index in [4.69, 9.17) is 0 Å². The fourth-order valence-corrected chi connectivity index (χ4v) is 1.36.